The van der Waals surface area contributed by atoms with Gasteiger partial charge in [0.1, 0.15) is 0 Å². The van der Waals surface area contributed by atoms with E-state index in [1.54, 1.807) is 14.2 Å². The highest BCUT2D eigenvalue weighted by Crippen LogP contribution is 2.19. The van der Waals surface area contributed by atoms with Crippen molar-refractivity contribution in [3.05, 3.63) is 0 Å². The molecular formula is C11H24N2O2S. The van der Waals surface area contributed by atoms with E-state index in [0.29, 0.717) is 11.3 Å². The molecule has 1 N–H and O–H groups in total. The van der Waals surface area contributed by atoms with Crippen molar-refractivity contribution in [2.75, 3.05) is 59.9 Å². The molecule has 0 aromatic heterocycles. The van der Waals surface area contributed by atoms with Crippen molar-refractivity contribution in [3.8, 4) is 0 Å². The number of thioether (sulfide) groups is 1. The van der Waals surface area contributed by atoms with E-state index in [0.717, 1.165) is 39.4 Å². The predicted molar refractivity (Wildman–Crippen MR) is 69.3 cm³/mol. The Labute approximate surface area is 103 Å². The summed E-state index contributed by atoms with van der Waals surface area (Å²) in [6.45, 7) is 5.76. The molecule has 16 heavy (non-hydrogen) atoms. The summed E-state index contributed by atoms with van der Waals surface area (Å²) in [5.41, 5.74) is 0. The van der Waals surface area contributed by atoms with Gasteiger partial charge in [-0.05, 0) is 6.26 Å². The van der Waals surface area contributed by atoms with E-state index < -0.39 is 0 Å². The Kier molecular flexibility index (Phi) is 7.40. The second-order valence-corrected chi connectivity index (χ2v) is 5.10. The van der Waals surface area contributed by atoms with E-state index in [1.165, 1.54) is 0 Å². The van der Waals surface area contributed by atoms with Gasteiger partial charge in [0, 0.05) is 51.7 Å². The van der Waals surface area contributed by atoms with Crippen LogP contribution in [0.5, 0.6) is 0 Å². The topological polar surface area (TPSA) is 33.7 Å². The van der Waals surface area contributed by atoms with Gasteiger partial charge in [0.2, 0.25) is 0 Å². The molecule has 0 bridgehead atoms. The summed E-state index contributed by atoms with van der Waals surface area (Å²) in [6, 6.07) is 0.611. The lowest BCUT2D eigenvalue weighted by Gasteiger charge is -2.31. The fourth-order valence-electron chi connectivity index (χ4n) is 2.11. The average Bonchev–Trinajstić information content (AvgIpc) is 2.77. The Morgan fingerprint density at radius 1 is 1.19 bits per heavy atom. The van der Waals surface area contributed by atoms with Crippen LogP contribution in [0.4, 0.5) is 0 Å². The highest BCUT2D eigenvalue weighted by molar-refractivity contribution is 7.99. The molecule has 0 spiro atoms. The zero-order valence-electron chi connectivity index (χ0n) is 10.6. The summed E-state index contributed by atoms with van der Waals surface area (Å²) in [4.78, 5) is 2.48. The van der Waals surface area contributed by atoms with Crippen molar-refractivity contribution in [1.82, 2.24) is 10.2 Å². The van der Waals surface area contributed by atoms with Gasteiger partial charge in [-0.25, -0.2) is 0 Å². The van der Waals surface area contributed by atoms with Crippen molar-refractivity contribution in [1.29, 1.82) is 0 Å². The highest BCUT2D eigenvalue weighted by Gasteiger charge is 2.30. The van der Waals surface area contributed by atoms with Gasteiger partial charge in [-0.3, -0.25) is 4.90 Å². The Hall–Kier alpha value is 0.190. The molecule has 0 aliphatic carbocycles. The third kappa shape index (κ3) is 4.22. The number of nitrogens with zero attached hydrogens (tertiary/aromatic N) is 1. The first-order chi connectivity index (χ1) is 7.83. The minimum absolute atomic E-state index is 0.611. The molecule has 1 aliphatic rings. The van der Waals surface area contributed by atoms with Crippen molar-refractivity contribution in [3.63, 3.8) is 0 Å². The number of hydrogen-bond donors (Lipinski definition) is 1. The van der Waals surface area contributed by atoms with Crippen molar-refractivity contribution < 1.29 is 9.47 Å². The smallest absolute Gasteiger partial charge is 0.0589 e. The van der Waals surface area contributed by atoms with E-state index >= 15 is 0 Å². The monoisotopic (exact) mass is 248 g/mol. The molecule has 0 aromatic rings. The van der Waals surface area contributed by atoms with Gasteiger partial charge in [-0.15, -0.1) is 0 Å². The van der Waals surface area contributed by atoms with Gasteiger partial charge in [-0.2, -0.15) is 11.8 Å². The van der Waals surface area contributed by atoms with E-state index in [9.17, 15) is 0 Å². The van der Waals surface area contributed by atoms with Crippen LogP contribution in [0.3, 0.4) is 0 Å². The third-order valence-electron chi connectivity index (χ3n) is 3.07. The summed E-state index contributed by atoms with van der Waals surface area (Å²) >= 11 is 1.95. The largest absolute Gasteiger partial charge is 0.383 e. The lowest BCUT2D eigenvalue weighted by molar-refractivity contribution is 0.0935. The zero-order valence-corrected chi connectivity index (χ0v) is 11.4. The molecule has 1 saturated heterocycles. The predicted octanol–water partition coefficient (Wildman–Crippen LogP) is 0.285. The molecule has 0 amide bonds. The number of rotatable bonds is 8. The SMILES string of the molecule is COCCN(CCOC)C1CNCC1SC. The molecule has 1 rings (SSSR count). The fraction of sp³-hybridized carbons (Fsp3) is 1.00. The van der Waals surface area contributed by atoms with Crippen molar-refractivity contribution >= 4 is 11.8 Å². The van der Waals surface area contributed by atoms with Gasteiger partial charge in [0.15, 0.2) is 0 Å². The van der Waals surface area contributed by atoms with Crippen LogP contribution in [0.15, 0.2) is 0 Å². The highest BCUT2D eigenvalue weighted by atomic mass is 32.2. The molecule has 2 atom stereocenters. The molecule has 0 aromatic carbocycles. The maximum atomic E-state index is 5.17. The second-order valence-electron chi connectivity index (χ2n) is 4.02. The summed E-state index contributed by atoms with van der Waals surface area (Å²) in [6.07, 6.45) is 2.19. The minimum Gasteiger partial charge on any atom is -0.383 e. The van der Waals surface area contributed by atoms with Crippen LogP contribution in [0, 0.1) is 0 Å². The van der Waals surface area contributed by atoms with Crippen LogP contribution < -0.4 is 5.32 Å². The standard InChI is InChI=1S/C11H24N2O2S/c1-14-6-4-13(5-7-15-2)10-8-12-9-11(10)16-3/h10-12H,4-9H2,1-3H3. The third-order valence-corrected chi connectivity index (χ3v) is 4.15. The van der Waals surface area contributed by atoms with Crippen LogP contribution in [0.2, 0.25) is 0 Å². The van der Waals surface area contributed by atoms with Gasteiger partial charge < -0.3 is 14.8 Å². The van der Waals surface area contributed by atoms with Crippen molar-refractivity contribution in [2.24, 2.45) is 0 Å². The average molecular weight is 248 g/mol. The van der Waals surface area contributed by atoms with E-state index in [2.05, 4.69) is 16.5 Å². The van der Waals surface area contributed by atoms with Crippen LogP contribution in [0.1, 0.15) is 0 Å². The van der Waals surface area contributed by atoms with E-state index in [1.807, 2.05) is 11.8 Å². The molecule has 0 radical (unpaired) electrons. The first kappa shape index (κ1) is 14.3. The molecule has 4 nitrogen and oxygen atoms in total. The van der Waals surface area contributed by atoms with Gasteiger partial charge in [0.05, 0.1) is 13.2 Å². The minimum atomic E-state index is 0.611. The summed E-state index contributed by atoms with van der Waals surface area (Å²) in [7, 11) is 3.51. The molecule has 1 aliphatic heterocycles. The molecule has 2 unspecified atom stereocenters. The van der Waals surface area contributed by atoms with Crippen molar-refractivity contribution in [2.45, 2.75) is 11.3 Å². The summed E-state index contributed by atoms with van der Waals surface area (Å²) < 4.78 is 10.3. The maximum Gasteiger partial charge on any atom is 0.0589 e. The number of nitrogens with one attached hydrogen (secondary N) is 1. The molecular weight excluding hydrogens is 224 g/mol. The molecule has 1 fully saturated rings. The lowest BCUT2D eigenvalue weighted by Crippen LogP contribution is -2.45. The number of ether oxygens (including phenoxy) is 2. The normalized spacial score (nSPS) is 25.5. The quantitative estimate of drug-likeness (QED) is 0.667. The van der Waals surface area contributed by atoms with Crippen LogP contribution >= 0.6 is 11.8 Å². The molecule has 96 valence electrons. The Bertz CT molecular complexity index is 175. The van der Waals surface area contributed by atoms with E-state index in [-0.39, 0.29) is 0 Å². The number of hydrogen-bond acceptors (Lipinski definition) is 5. The van der Waals surface area contributed by atoms with Crippen LogP contribution in [0.25, 0.3) is 0 Å². The molecule has 1 heterocycles. The Morgan fingerprint density at radius 2 is 1.81 bits per heavy atom. The fourth-order valence-corrected chi connectivity index (χ4v) is 2.97. The Morgan fingerprint density at radius 3 is 2.31 bits per heavy atom. The number of methoxy groups -OCH3 is 2. The lowest BCUT2D eigenvalue weighted by atomic mass is 10.2. The van der Waals surface area contributed by atoms with Gasteiger partial charge in [0.25, 0.3) is 0 Å². The van der Waals surface area contributed by atoms with Crippen LogP contribution in [-0.4, -0.2) is 76.1 Å². The second kappa shape index (κ2) is 8.31. The summed E-state index contributed by atoms with van der Waals surface area (Å²) in [5, 5.41) is 4.15. The molecule has 0 saturated carbocycles. The van der Waals surface area contributed by atoms with E-state index in [4.69, 9.17) is 9.47 Å². The first-order valence-electron chi connectivity index (χ1n) is 5.79. The summed E-state index contributed by atoms with van der Waals surface area (Å²) in [5.74, 6) is 0. The zero-order chi connectivity index (χ0) is 11.8. The van der Waals surface area contributed by atoms with Gasteiger partial charge >= 0.3 is 0 Å². The maximum absolute atomic E-state index is 5.17. The van der Waals surface area contributed by atoms with Crippen LogP contribution in [-0.2, 0) is 9.47 Å². The molecule has 5 heteroatoms. The van der Waals surface area contributed by atoms with Gasteiger partial charge in [-0.1, -0.05) is 0 Å². The Balaban J connectivity index is 2.45. The first-order valence-corrected chi connectivity index (χ1v) is 7.07.